The highest BCUT2D eigenvalue weighted by Gasteiger charge is 2.11. The van der Waals surface area contributed by atoms with Crippen LogP contribution in [-0.2, 0) is 6.54 Å². The molecule has 3 aromatic carbocycles. The van der Waals surface area contributed by atoms with Crippen LogP contribution in [0.15, 0.2) is 97.5 Å². The van der Waals surface area contributed by atoms with Gasteiger partial charge >= 0.3 is 6.03 Å². The first kappa shape index (κ1) is 22.1. The first-order valence-electron chi connectivity index (χ1n) is 11.4. The number of rotatable bonds is 7. The lowest BCUT2D eigenvalue weighted by Crippen LogP contribution is -2.28. The summed E-state index contributed by atoms with van der Waals surface area (Å²) in [4.78, 5) is 25.9. The van der Waals surface area contributed by atoms with Gasteiger partial charge in [-0.05, 0) is 42.3 Å². The molecule has 0 aliphatic rings. The molecule has 5 rings (SSSR count). The number of hydrogen-bond acceptors (Lipinski definition) is 5. The van der Waals surface area contributed by atoms with Crippen molar-refractivity contribution in [1.82, 2.24) is 24.8 Å². The highest BCUT2D eigenvalue weighted by Crippen LogP contribution is 2.22. The summed E-state index contributed by atoms with van der Waals surface area (Å²) in [6.07, 6.45) is 3.44. The van der Waals surface area contributed by atoms with Crippen molar-refractivity contribution in [3.05, 3.63) is 109 Å². The van der Waals surface area contributed by atoms with Crippen molar-refractivity contribution in [3.63, 3.8) is 0 Å². The Kier molecular flexibility index (Phi) is 6.34. The van der Waals surface area contributed by atoms with E-state index in [1.807, 2.05) is 77.4 Å². The molecule has 0 aliphatic carbocycles. The van der Waals surface area contributed by atoms with E-state index in [1.54, 1.807) is 12.5 Å². The van der Waals surface area contributed by atoms with Crippen LogP contribution in [0.5, 0.6) is 0 Å². The molecule has 1 atom stereocenters. The van der Waals surface area contributed by atoms with Gasteiger partial charge < -0.3 is 16.0 Å². The van der Waals surface area contributed by atoms with Crippen LogP contribution in [-0.4, -0.2) is 25.6 Å². The zero-order valence-corrected chi connectivity index (χ0v) is 19.2. The Balaban J connectivity index is 1.28. The smallest absolute Gasteiger partial charge is 0.319 e. The lowest BCUT2D eigenvalue weighted by molar-refractivity contribution is 0.251. The number of imidazole rings is 1. The molecule has 8 heteroatoms. The Morgan fingerprint density at radius 3 is 2.51 bits per heavy atom. The minimum atomic E-state index is -0.272. The summed E-state index contributed by atoms with van der Waals surface area (Å²) in [5.41, 5.74) is 4.48. The second kappa shape index (κ2) is 10.0. The maximum absolute atomic E-state index is 12.3. The third-order valence-corrected chi connectivity index (χ3v) is 5.63. The van der Waals surface area contributed by atoms with Gasteiger partial charge in [0, 0.05) is 18.4 Å². The van der Waals surface area contributed by atoms with E-state index in [0.717, 1.165) is 22.2 Å². The average Bonchev–Trinajstić information content (AvgIpc) is 3.32. The fourth-order valence-corrected chi connectivity index (χ4v) is 3.80. The Morgan fingerprint density at radius 1 is 0.943 bits per heavy atom. The zero-order valence-electron chi connectivity index (χ0n) is 19.2. The summed E-state index contributed by atoms with van der Waals surface area (Å²) in [7, 11) is 0. The Hall–Kier alpha value is -4.72. The van der Waals surface area contributed by atoms with Gasteiger partial charge in [-0.25, -0.2) is 14.8 Å². The highest BCUT2D eigenvalue weighted by atomic mass is 16.2. The molecule has 0 saturated heterocycles. The molecule has 0 fully saturated rings. The van der Waals surface area contributed by atoms with Gasteiger partial charge in [0.1, 0.15) is 12.1 Å². The standard InChI is InChI=1S/C27H25N7O/c1-19(21-10-6-3-7-11-21)31-26-28-15-14-25(33-26)34-18-30-23-16-22(12-13-24(23)34)32-27(35)29-17-20-8-4-2-5-9-20/h2-16,18-19H,17H2,1H3,(H,28,31,33)(H2,29,32,35)/t19-/m0/s1. The molecule has 0 unspecified atom stereocenters. The van der Waals surface area contributed by atoms with Crippen LogP contribution in [0.2, 0.25) is 0 Å². The third kappa shape index (κ3) is 5.27. The predicted octanol–water partition coefficient (Wildman–Crippen LogP) is 5.31. The number of fused-ring (bicyclic) bond motifs is 1. The normalized spacial score (nSPS) is 11.7. The monoisotopic (exact) mass is 463 g/mol. The van der Waals surface area contributed by atoms with E-state index in [1.165, 1.54) is 0 Å². The first-order chi connectivity index (χ1) is 17.2. The van der Waals surface area contributed by atoms with Crippen molar-refractivity contribution in [2.75, 3.05) is 10.6 Å². The molecule has 3 N–H and O–H groups in total. The number of aromatic nitrogens is 4. The summed E-state index contributed by atoms with van der Waals surface area (Å²) >= 11 is 0. The van der Waals surface area contributed by atoms with E-state index in [-0.39, 0.29) is 12.1 Å². The number of nitrogens with one attached hydrogen (secondary N) is 3. The first-order valence-corrected chi connectivity index (χ1v) is 11.4. The van der Waals surface area contributed by atoms with Crippen molar-refractivity contribution < 1.29 is 4.79 Å². The van der Waals surface area contributed by atoms with E-state index in [2.05, 4.69) is 50.0 Å². The summed E-state index contributed by atoms with van der Waals surface area (Å²) in [5, 5.41) is 9.08. The molecule has 0 spiro atoms. The van der Waals surface area contributed by atoms with E-state index in [4.69, 9.17) is 0 Å². The number of hydrogen-bond donors (Lipinski definition) is 3. The minimum absolute atomic E-state index is 0.0626. The molecule has 0 aliphatic heterocycles. The molecule has 174 valence electrons. The van der Waals surface area contributed by atoms with E-state index in [9.17, 15) is 4.79 Å². The van der Waals surface area contributed by atoms with Gasteiger partial charge in [-0.15, -0.1) is 0 Å². The maximum atomic E-state index is 12.3. The molecule has 0 bridgehead atoms. The van der Waals surface area contributed by atoms with Crippen LogP contribution in [0.4, 0.5) is 16.4 Å². The SMILES string of the molecule is C[C@H](Nc1nccc(-n2cnc3cc(NC(=O)NCc4ccccc4)ccc32)n1)c1ccccc1. The summed E-state index contributed by atoms with van der Waals surface area (Å²) in [6.45, 7) is 2.53. The number of anilines is 2. The van der Waals surface area contributed by atoms with Crippen LogP contribution >= 0.6 is 0 Å². The predicted molar refractivity (Wildman–Crippen MR) is 137 cm³/mol. The number of urea groups is 1. The Labute approximate surface area is 203 Å². The van der Waals surface area contributed by atoms with E-state index >= 15 is 0 Å². The van der Waals surface area contributed by atoms with Gasteiger partial charge in [0.2, 0.25) is 5.95 Å². The van der Waals surface area contributed by atoms with Gasteiger partial charge in [-0.3, -0.25) is 4.57 Å². The van der Waals surface area contributed by atoms with Crippen molar-refractivity contribution >= 4 is 28.7 Å². The van der Waals surface area contributed by atoms with Gasteiger partial charge in [0.15, 0.2) is 0 Å². The van der Waals surface area contributed by atoms with Crippen LogP contribution in [0.25, 0.3) is 16.9 Å². The van der Waals surface area contributed by atoms with Crippen molar-refractivity contribution in [2.45, 2.75) is 19.5 Å². The van der Waals surface area contributed by atoms with Crippen LogP contribution in [0.1, 0.15) is 24.1 Å². The van der Waals surface area contributed by atoms with Crippen molar-refractivity contribution in [2.24, 2.45) is 0 Å². The van der Waals surface area contributed by atoms with Gasteiger partial charge in [0.25, 0.3) is 0 Å². The second-order valence-electron chi connectivity index (χ2n) is 8.13. The van der Waals surface area contributed by atoms with E-state index in [0.29, 0.717) is 24.0 Å². The fourth-order valence-electron chi connectivity index (χ4n) is 3.80. The number of amides is 2. The van der Waals surface area contributed by atoms with E-state index < -0.39 is 0 Å². The van der Waals surface area contributed by atoms with Crippen molar-refractivity contribution in [1.29, 1.82) is 0 Å². The fraction of sp³-hybridized carbons (Fsp3) is 0.111. The number of nitrogens with zero attached hydrogens (tertiary/aromatic N) is 4. The zero-order chi connectivity index (χ0) is 24.0. The van der Waals surface area contributed by atoms with Gasteiger partial charge in [-0.1, -0.05) is 60.7 Å². The largest absolute Gasteiger partial charge is 0.348 e. The summed E-state index contributed by atoms with van der Waals surface area (Å²) in [5.74, 6) is 1.24. The molecule has 35 heavy (non-hydrogen) atoms. The van der Waals surface area contributed by atoms with Gasteiger partial charge in [0.05, 0.1) is 17.1 Å². The quantitative estimate of drug-likeness (QED) is 0.304. The second-order valence-corrected chi connectivity index (χ2v) is 8.13. The molecule has 0 saturated carbocycles. The molecule has 2 heterocycles. The maximum Gasteiger partial charge on any atom is 0.319 e. The van der Waals surface area contributed by atoms with Crippen LogP contribution < -0.4 is 16.0 Å². The topological polar surface area (TPSA) is 96.8 Å². The average molecular weight is 464 g/mol. The summed E-state index contributed by atoms with van der Waals surface area (Å²) < 4.78 is 1.90. The van der Waals surface area contributed by atoms with Crippen LogP contribution in [0.3, 0.4) is 0 Å². The lowest BCUT2D eigenvalue weighted by Gasteiger charge is -2.14. The molecule has 5 aromatic rings. The third-order valence-electron chi connectivity index (χ3n) is 5.63. The molecule has 2 amide bonds. The minimum Gasteiger partial charge on any atom is -0.348 e. The number of carbonyl (C=O) groups excluding carboxylic acids is 1. The Morgan fingerprint density at radius 2 is 1.71 bits per heavy atom. The molecule has 8 nitrogen and oxygen atoms in total. The molecule has 0 radical (unpaired) electrons. The Bertz CT molecular complexity index is 1430. The molecular weight excluding hydrogens is 438 g/mol. The van der Waals surface area contributed by atoms with Crippen molar-refractivity contribution in [3.8, 4) is 5.82 Å². The molecular formula is C27H25N7O. The number of carbonyl (C=O) groups is 1. The highest BCUT2D eigenvalue weighted by molar-refractivity contribution is 5.92. The van der Waals surface area contributed by atoms with Crippen LogP contribution in [0, 0.1) is 0 Å². The lowest BCUT2D eigenvalue weighted by atomic mass is 10.1. The summed E-state index contributed by atoms with van der Waals surface area (Å²) in [6, 6.07) is 27.2. The molecule has 2 aromatic heterocycles. The van der Waals surface area contributed by atoms with Gasteiger partial charge in [-0.2, -0.15) is 4.98 Å². The number of benzene rings is 3.